The van der Waals surface area contributed by atoms with Gasteiger partial charge in [-0.15, -0.1) is 0 Å². The third-order valence-corrected chi connectivity index (χ3v) is 6.01. The number of nitrogens with one attached hydrogen (secondary N) is 1. The zero-order valence-electron chi connectivity index (χ0n) is 19.5. The standard InChI is InChI=1S/C28H33N3O3/c1-19-6-10-21(11-7-19)24-5-3-2-4-22(24)18-27(33)25(29)14-15-26(28(30)34)31-17-16-20-8-12-23(32)13-9-20/h2-13,25-26,31-32H,14-18,29H2,1H3,(H2,30,34)/t25-,26-/m1/s1. The molecule has 0 fully saturated rings. The summed E-state index contributed by atoms with van der Waals surface area (Å²) < 4.78 is 0. The molecule has 0 bridgehead atoms. The minimum absolute atomic E-state index is 0.0631. The summed E-state index contributed by atoms with van der Waals surface area (Å²) in [6.07, 6.45) is 1.67. The maximum absolute atomic E-state index is 12.9. The van der Waals surface area contributed by atoms with E-state index in [2.05, 4.69) is 29.6 Å². The van der Waals surface area contributed by atoms with E-state index in [4.69, 9.17) is 11.5 Å². The Morgan fingerprint density at radius 2 is 1.62 bits per heavy atom. The molecule has 0 heterocycles. The molecule has 3 aromatic rings. The zero-order chi connectivity index (χ0) is 24.5. The molecule has 1 amide bonds. The third-order valence-electron chi connectivity index (χ3n) is 6.01. The van der Waals surface area contributed by atoms with Gasteiger partial charge in [-0.2, -0.15) is 0 Å². The Hall–Kier alpha value is -3.48. The number of carbonyl (C=O) groups excluding carboxylic acids is 2. The number of nitrogens with two attached hydrogens (primary N) is 2. The van der Waals surface area contributed by atoms with Crippen LogP contribution in [-0.4, -0.2) is 35.4 Å². The highest BCUT2D eigenvalue weighted by Gasteiger charge is 2.20. The van der Waals surface area contributed by atoms with Gasteiger partial charge in [0.15, 0.2) is 5.78 Å². The number of ketones is 1. The summed E-state index contributed by atoms with van der Waals surface area (Å²) in [4.78, 5) is 24.8. The minimum Gasteiger partial charge on any atom is -0.508 e. The third kappa shape index (κ3) is 7.27. The number of primary amides is 1. The van der Waals surface area contributed by atoms with Gasteiger partial charge in [-0.3, -0.25) is 9.59 Å². The van der Waals surface area contributed by atoms with Crippen LogP contribution in [0.5, 0.6) is 5.75 Å². The SMILES string of the molecule is Cc1ccc(-c2ccccc2CC(=O)[C@H](N)CC[C@@H](NCCc2ccc(O)cc2)C(N)=O)cc1. The van der Waals surface area contributed by atoms with Crippen molar-refractivity contribution in [2.75, 3.05) is 6.54 Å². The molecule has 6 N–H and O–H groups in total. The molecule has 3 rings (SSSR count). The average Bonchev–Trinajstić information content (AvgIpc) is 2.83. The highest BCUT2D eigenvalue weighted by atomic mass is 16.3. The lowest BCUT2D eigenvalue weighted by Gasteiger charge is -2.18. The fraction of sp³-hybridized carbons (Fsp3) is 0.286. The maximum atomic E-state index is 12.9. The highest BCUT2D eigenvalue weighted by Crippen LogP contribution is 2.25. The van der Waals surface area contributed by atoms with Crippen molar-refractivity contribution in [1.29, 1.82) is 0 Å². The lowest BCUT2D eigenvalue weighted by molar-refractivity contribution is -0.122. The molecule has 0 saturated carbocycles. The first-order chi connectivity index (χ1) is 16.3. The van der Waals surface area contributed by atoms with Crippen molar-refractivity contribution in [1.82, 2.24) is 5.32 Å². The van der Waals surface area contributed by atoms with Crippen LogP contribution in [0.4, 0.5) is 0 Å². The Labute approximate surface area is 201 Å². The smallest absolute Gasteiger partial charge is 0.234 e. The quantitative estimate of drug-likeness (QED) is 0.331. The van der Waals surface area contributed by atoms with Crippen LogP contribution < -0.4 is 16.8 Å². The first-order valence-corrected chi connectivity index (χ1v) is 11.6. The number of carbonyl (C=O) groups is 2. The first-order valence-electron chi connectivity index (χ1n) is 11.6. The Morgan fingerprint density at radius 1 is 0.941 bits per heavy atom. The molecule has 6 heteroatoms. The van der Waals surface area contributed by atoms with Crippen LogP contribution in [0.25, 0.3) is 11.1 Å². The number of aryl methyl sites for hydroxylation is 1. The Bertz CT molecular complexity index is 1090. The van der Waals surface area contributed by atoms with Crippen LogP contribution in [0, 0.1) is 6.92 Å². The Morgan fingerprint density at radius 3 is 2.29 bits per heavy atom. The van der Waals surface area contributed by atoms with Crippen LogP contribution in [0.3, 0.4) is 0 Å². The van der Waals surface area contributed by atoms with Gasteiger partial charge in [0.2, 0.25) is 5.91 Å². The number of Topliss-reactive ketones (excluding diaryl/α,β-unsaturated/α-hetero) is 1. The van der Waals surface area contributed by atoms with Gasteiger partial charge < -0.3 is 21.9 Å². The average molecular weight is 460 g/mol. The number of hydrogen-bond donors (Lipinski definition) is 4. The van der Waals surface area contributed by atoms with Crippen LogP contribution in [0.1, 0.15) is 29.5 Å². The van der Waals surface area contributed by atoms with Gasteiger partial charge >= 0.3 is 0 Å². The fourth-order valence-corrected chi connectivity index (χ4v) is 3.91. The van der Waals surface area contributed by atoms with E-state index in [-0.39, 0.29) is 18.0 Å². The van der Waals surface area contributed by atoms with E-state index in [1.807, 2.05) is 43.3 Å². The van der Waals surface area contributed by atoms with Gasteiger partial charge in [0.05, 0.1) is 12.1 Å². The topological polar surface area (TPSA) is 118 Å². The van der Waals surface area contributed by atoms with Crippen molar-refractivity contribution in [3.8, 4) is 16.9 Å². The molecule has 0 aliphatic heterocycles. The highest BCUT2D eigenvalue weighted by molar-refractivity contribution is 5.88. The van der Waals surface area contributed by atoms with Gasteiger partial charge in [0.1, 0.15) is 5.75 Å². The number of rotatable bonds is 12. The molecule has 0 aliphatic carbocycles. The lowest BCUT2D eigenvalue weighted by Crippen LogP contribution is -2.44. The molecule has 0 aromatic heterocycles. The minimum atomic E-state index is -0.674. The van der Waals surface area contributed by atoms with Crippen molar-refractivity contribution in [2.24, 2.45) is 11.5 Å². The predicted molar refractivity (Wildman–Crippen MR) is 135 cm³/mol. The van der Waals surface area contributed by atoms with Crippen molar-refractivity contribution in [2.45, 2.75) is 44.7 Å². The van der Waals surface area contributed by atoms with Gasteiger partial charge in [0, 0.05) is 6.42 Å². The summed E-state index contributed by atoms with van der Waals surface area (Å²) in [6.45, 7) is 2.59. The molecule has 6 nitrogen and oxygen atoms in total. The number of phenols is 1. The van der Waals surface area contributed by atoms with Gasteiger partial charge in [-0.05, 0) is 67.1 Å². The number of phenolic OH excluding ortho intramolecular Hbond substituents is 1. The lowest BCUT2D eigenvalue weighted by atomic mass is 9.93. The van der Waals surface area contributed by atoms with Crippen molar-refractivity contribution in [3.05, 3.63) is 89.5 Å². The molecule has 0 unspecified atom stereocenters. The van der Waals surface area contributed by atoms with E-state index in [1.165, 1.54) is 5.56 Å². The van der Waals surface area contributed by atoms with Gasteiger partial charge in [-0.25, -0.2) is 0 Å². The second-order valence-corrected chi connectivity index (χ2v) is 8.68. The zero-order valence-corrected chi connectivity index (χ0v) is 19.5. The molecular weight excluding hydrogens is 426 g/mol. The molecule has 34 heavy (non-hydrogen) atoms. The largest absolute Gasteiger partial charge is 0.508 e. The fourth-order valence-electron chi connectivity index (χ4n) is 3.91. The van der Waals surface area contributed by atoms with Gasteiger partial charge in [-0.1, -0.05) is 66.2 Å². The molecular formula is C28H33N3O3. The Kier molecular flexibility index (Phi) is 8.96. The van der Waals surface area contributed by atoms with Crippen molar-refractivity contribution in [3.63, 3.8) is 0 Å². The van der Waals surface area contributed by atoms with Gasteiger partial charge in [0.25, 0.3) is 0 Å². The maximum Gasteiger partial charge on any atom is 0.234 e. The van der Waals surface area contributed by atoms with Crippen molar-refractivity contribution >= 4 is 11.7 Å². The summed E-state index contributed by atoms with van der Waals surface area (Å²) in [5.74, 6) is -0.311. The second-order valence-electron chi connectivity index (χ2n) is 8.68. The van der Waals surface area contributed by atoms with Crippen LogP contribution in [0.15, 0.2) is 72.8 Å². The van der Waals surface area contributed by atoms with Crippen LogP contribution in [-0.2, 0) is 22.4 Å². The predicted octanol–water partition coefficient (Wildman–Crippen LogP) is 3.27. The summed E-state index contributed by atoms with van der Waals surface area (Å²) in [6, 6.07) is 21.8. The van der Waals surface area contributed by atoms with E-state index in [9.17, 15) is 14.7 Å². The van der Waals surface area contributed by atoms with E-state index in [0.717, 1.165) is 22.3 Å². The molecule has 2 atom stereocenters. The normalized spacial score (nSPS) is 12.8. The van der Waals surface area contributed by atoms with E-state index in [0.29, 0.717) is 25.8 Å². The van der Waals surface area contributed by atoms with E-state index in [1.54, 1.807) is 12.1 Å². The molecule has 0 aliphatic rings. The molecule has 3 aromatic carbocycles. The summed E-state index contributed by atoms with van der Waals surface area (Å²) in [5, 5.41) is 12.5. The van der Waals surface area contributed by atoms with E-state index >= 15 is 0 Å². The molecule has 178 valence electrons. The Balaban J connectivity index is 1.53. The molecule has 0 spiro atoms. The number of amides is 1. The van der Waals surface area contributed by atoms with Crippen LogP contribution in [0.2, 0.25) is 0 Å². The summed E-state index contributed by atoms with van der Waals surface area (Å²) in [7, 11) is 0. The van der Waals surface area contributed by atoms with Crippen LogP contribution >= 0.6 is 0 Å². The number of aromatic hydroxyl groups is 1. The molecule has 0 radical (unpaired) electrons. The summed E-state index contributed by atoms with van der Waals surface area (Å²) >= 11 is 0. The molecule has 0 saturated heterocycles. The number of benzene rings is 3. The van der Waals surface area contributed by atoms with E-state index < -0.39 is 18.0 Å². The summed E-state index contributed by atoms with van der Waals surface area (Å²) in [5.41, 5.74) is 17.0. The number of hydrogen-bond acceptors (Lipinski definition) is 5. The second kappa shape index (κ2) is 12.1. The first kappa shape index (κ1) is 25.1. The monoisotopic (exact) mass is 459 g/mol. The van der Waals surface area contributed by atoms with Crippen molar-refractivity contribution < 1.29 is 14.7 Å².